The molecule has 0 spiro atoms. The van der Waals surface area contributed by atoms with E-state index in [4.69, 9.17) is 11.6 Å². The van der Waals surface area contributed by atoms with Crippen molar-refractivity contribution in [3.05, 3.63) is 51.1 Å². The largest absolute Gasteiger partial charge is 0.478 e. The van der Waals surface area contributed by atoms with Crippen LogP contribution in [0.2, 0.25) is 5.02 Å². The number of nitrogens with one attached hydrogen (secondary N) is 1. The van der Waals surface area contributed by atoms with Crippen molar-refractivity contribution in [3.8, 4) is 0 Å². The Bertz CT molecular complexity index is 689. The Balaban J connectivity index is 2.43. The van der Waals surface area contributed by atoms with Crippen LogP contribution in [0, 0.1) is 0 Å². The van der Waals surface area contributed by atoms with Crippen LogP contribution >= 0.6 is 27.5 Å². The summed E-state index contributed by atoms with van der Waals surface area (Å²) in [6, 6.07) is 8.46. The number of rotatable bonds is 4. The normalized spacial score (nSPS) is 10.7. The third-order valence-electron chi connectivity index (χ3n) is 2.87. The molecule has 4 nitrogen and oxygen atoms in total. The van der Waals surface area contributed by atoms with Crippen LogP contribution < -0.4 is 5.32 Å². The Morgan fingerprint density at radius 2 is 2.05 bits per heavy atom. The molecule has 110 valence electrons. The highest BCUT2D eigenvalue weighted by molar-refractivity contribution is 9.10. The van der Waals surface area contributed by atoms with Gasteiger partial charge in [0.1, 0.15) is 5.82 Å². The molecule has 2 rings (SSSR count). The fourth-order valence-corrected chi connectivity index (χ4v) is 2.29. The van der Waals surface area contributed by atoms with Gasteiger partial charge in [0.15, 0.2) is 0 Å². The second-order valence-electron chi connectivity index (χ2n) is 4.87. The molecule has 0 unspecified atom stereocenters. The second kappa shape index (κ2) is 6.45. The quantitative estimate of drug-likeness (QED) is 0.790. The molecule has 2 aromatic rings. The van der Waals surface area contributed by atoms with Crippen molar-refractivity contribution >= 4 is 45.0 Å². The number of nitrogens with zero attached hydrogens (tertiary/aromatic N) is 1. The van der Waals surface area contributed by atoms with Gasteiger partial charge in [-0.2, -0.15) is 0 Å². The Kier molecular flexibility index (Phi) is 4.85. The Morgan fingerprint density at radius 3 is 2.67 bits per heavy atom. The molecule has 0 atom stereocenters. The van der Waals surface area contributed by atoms with Gasteiger partial charge in [-0.15, -0.1) is 0 Å². The van der Waals surface area contributed by atoms with Crippen LogP contribution in [-0.2, 0) is 0 Å². The zero-order valence-electron chi connectivity index (χ0n) is 11.5. The molecule has 0 aliphatic rings. The van der Waals surface area contributed by atoms with E-state index in [9.17, 15) is 9.90 Å². The van der Waals surface area contributed by atoms with Crippen LogP contribution in [0.25, 0.3) is 0 Å². The molecule has 0 aliphatic heterocycles. The maximum absolute atomic E-state index is 11.2. The maximum atomic E-state index is 11.2. The van der Waals surface area contributed by atoms with Gasteiger partial charge < -0.3 is 10.4 Å². The molecular formula is C15H14BrClN2O2. The first-order chi connectivity index (χ1) is 9.86. The van der Waals surface area contributed by atoms with Crippen LogP contribution in [0.3, 0.4) is 0 Å². The van der Waals surface area contributed by atoms with E-state index in [1.54, 1.807) is 12.1 Å². The molecule has 1 aromatic heterocycles. The molecule has 0 aliphatic carbocycles. The molecule has 21 heavy (non-hydrogen) atoms. The predicted octanol–water partition coefficient (Wildman–Crippen LogP) is 5.06. The molecule has 0 radical (unpaired) electrons. The smallest absolute Gasteiger partial charge is 0.335 e. The summed E-state index contributed by atoms with van der Waals surface area (Å²) in [7, 11) is 0. The van der Waals surface area contributed by atoms with E-state index < -0.39 is 5.97 Å². The van der Waals surface area contributed by atoms with Crippen LogP contribution in [0.4, 0.5) is 11.5 Å². The van der Waals surface area contributed by atoms with E-state index in [0.717, 1.165) is 4.47 Å². The maximum Gasteiger partial charge on any atom is 0.335 e. The monoisotopic (exact) mass is 368 g/mol. The average molecular weight is 370 g/mol. The number of carbonyl (C=O) groups is 1. The van der Waals surface area contributed by atoms with Crippen LogP contribution in [0.1, 0.15) is 35.8 Å². The second-order valence-corrected chi connectivity index (χ2v) is 6.20. The van der Waals surface area contributed by atoms with Gasteiger partial charge in [-0.1, -0.05) is 41.4 Å². The van der Waals surface area contributed by atoms with Gasteiger partial charge in [0.2, 0.25) is 0 Å². The van der Waals surface area contributed by atoms with Crippen molar-refractivity contribution in [1.29, 1.82) is 0 Å². The van der Waals surface area contributed by atoms with Gasteiger partial charge in [-0.05, 0) is 36.2 Å². The summed E-state index contributed by atoms with van der Waals surface area (Å²) in [6.07, 6.45) is 0. The highest BCUT2D eigenvalue weighted by atomic mass is 79.9. The summed E-state index contributed by atoms with van der Waals surface area (Å²) < 4.78 is 0.868. The van der Waals surface area contributed by atoms with Crippen molar-refractivity contribution in [2.24, 2.45) is 0 Å². The van der Waals surface area contributed by atoms with Crippen molar-refractivity contribution < 1.29 is 9.90 Å². The van der Waals surface area contributed by atoms with Crippen molar-refractivity contribution in [1.82, 2.24) is 4.98 Å². The van der Waals surface area contributed by atoms with Crippen molar-refractivity contribution in [2.75, 3.05) is 5.32 Å². The number of carboxylic acids is 1. The van der Waals surface area contributed by atoms with Crippen LogP contribution in [-0.4, -0.2) is 16.1 Å². The Labute approximate surface area is 136 Å². The number of pyridine rings is 1. The molecule has 1 aromatic carbocycles. The number of aromatic nitrogens is 1. The lowest BCUT2D eigenvalue weighted by atomic mass is 10.1. The topological polar surface area (TPSA) is 62.2 Å². The first kappa shape index (κ1) is 15.8. The molecule has 1 heterocycles. The minimum Gasteiger partial charge on any atom is -0.478 e. The fraction of sp³-hybridized carbons (Fsp3) is 0.200. The summed E-state index contributed by atoms with van der Waals surface area (Å²) in [5.41, 5.74) is 1.57. The molecule has 0 saturated heterocycles. The molecule has 6 heteroatoms. The van der Waals surface area contributed by atoms with E-state index in [0.29, 0.717) is 22.2 Å². The first-order valence-electron chi connectivity index (χ1n) is 6.34. The number of hydrogen-bond donors (Lipinski definition) is 2. The standard InChI is InChI=1S/C15H14BrClN2O2/c1-8(2)12-5-9(15(20)21)6-14(18-12)19-13-7-10(16)3-4-11(13)17/h3-8H,1-2H3,(H,18,19)(H,20,21). The predicted molar refractivity (Wildman–Crippen MR) is 87.7 cm³/mol. The fourth-order valence-electron chi connectivity index (χ4n) is 1.77. The zero-order valence-corrected chi connectivity index (χ0v) is 13.9. The SMILES string of the molecule is CC(C)c1cc(C(=O)O)cc(Nc2cc(Br)ccc2Cl)n1. The zero-order chi connectivity index (χ0) is 15.6. The van der Waals surface area contributed by atoms with E-state index in [1.165, 1.54) is 6.07 Å². The lowest BCUT2D eigenvalue weighted by Crippen LogP contribution is -2.05. The summed E-state index contributed by atoms with van der Waals surface area (Å²) >= 11 is 9.50. The average Bonchev–Trinajstić information content (AvgIpc) is 2.42. The van der Waals surface area contributed by atoms with E-state index in [2.05, 4.69) is 26.2 Å². The molecule has 0 bridgehead atoms. The van der Waals surface area contributed by atoms with Crippen LogP contribution in [0.15, 0.2) is 34.8 Å². The van der Waals surface area contributed by atoms with Gasteiger partial charge in [-0.25, -0.2) is 9.78 Å². The number of anilines is 2. The van der Waals surface area contributed by atoms with Gasteiger partial charge in [-0.3, -0.25) is 0 Å². The molecule has 0 fully saturated rings. The summed E-state index contributed by atoms with van der Waals surface area (Å²) in [6.45, 7) is 3.92. The number of aromatic carboxylic acids is 1. The van der Waals surface area contributed by atoms with E-state index >= 15 is 0 Å². The number of carboxylic acid groups (broad SMARTS) is 1. The molecular weight excluding hydrogens is 356 g/mol. The first-order valence-corrected chi connectivity index (χ1v) is 7.51. The molecule has 2 N–H and O–H groups in total. The summed E-state index contributed by atoms with van der Waals surface area (Å²) in [5, 5.41) is 12.8. The van der Waals surface area contributed by atoms with Gasteiger partial charge in [0, 0.05) is 10.2 Å². The van der Waals surface area contributed by atoms with Crippen molar-refractivity contribution in [3.63, 3.8) is 0 Å². The molecule has 0 saturated carbocycles. The van der Waals surface area contributed by atoms with Gasteiger partial charge in [0.25, 0.3) is 0 Å². The molecule has 0 amide bonds. The van der Waals surface area contributed by atoms with E-state index in [1.807, 2.05) is 26.0 Å². The third-order valence-corrected chi connectivity index (χ3v) is 3.70. The van der Waals surface area contributed by atoms with E-state index in [-0.39, 0.29) is 11.5 Å². The summed E-state index contributed by atoms with van der Waals surface area (Å²) in [4.78, 5) is 15.6. The number of benzene rings is 1. The third kappa shape index (κ3) is 3.95. The number of halogens is 2. The summed E-state index contributed by atoms with van der Waals surface area (Å²) in [5.74, 6) is -0.399. The van der Waals surface area contributed by atoms with Gasteiger partial charge in [0.05, 0.1) is 16.3 Å². The lowest BCUT2D eigenvalue weighted by molar-refractivity contribution is 0.0696. The minimum atomic E-state index is -0.984. The highest BCUT2D eigenvalue weighted by Gasteiger charge is 2.12. The van der Waals surface area contributed by atoms with Crippen molar-refractivity contribution in [2.45, 2.75) is 19.8 Å². The lowest BCUT2D eigenvalue weighted by Gasteiger charge is -2.12. The Morgan fingerprint density at radius 1 is 1.33 bits per heavy atom. The highest BCUT2D eigenvalue weighted by Crippen LogP contribution is 2.29. The number of hydrogen-bond acceptors (Lipinski definition) is 3. The Hall–Kier alpha value is -1.59. The van der Waals surface area contributed by atoms with Gasteiger partial charge >= 0.3 is 5.97 Å². The minimum absolute atomic E-state index is 0.128. The van der Waals surface area contributed by atoms with Crippen LogP contribution in [0.5, 0.6) is 0 Å².